The molecular formula is C17H22N4O. The third-order valence-corrected chi connectivity index (χ3v) is 3.56. The molecule has 0 N–H and O–H groups in total. The van der Waals surface area contributed by atoms with Gasteiger partial charge in [0.15, 0.2) is 0 Å². The van der Waals surface area contributed by atoms with E-state index >= 15 is 0 Å². The van der Waals surface area contributed by atoms with E-state index < -0.39 is 0 Å². The molecule has 0 unspecified atom stereocenters. The Morgan fingerprint density at radius 2 is 1.73 bits per heavy atom. The second-order valence-corrected chi connectivity index (χ2v) is 5.07. The maximum absolute atomic E-state index is 12.7. The number of nitrogens with zero attached hydrogens (tertiary/aromatic N) is 4. The monoisotopic (exact) mass is 298 g/mol. The Kier molecular flexibility index (Phi) is 5.09. The van der Waals surface area contributed by atoms with Gasteiger partial charge in [0, 0.05) is 31.5 Å². The van der Waals surface area contributed by atoms with Gasteiger partial charge in [0.2, 0.25) is 5.95 Å². The molecule has 1 heterocycles. The molecule has 0 aliphatic carbocycles. The zero-order valence-corrected chi connectivity index (χ0v) is 13.6. The van der Waals surface area contributed by atoms with Gasteiger partial charge in [-0.05, 0) is 39.0 Å². The van der Waals surface area contributed by atoms with Crippen LogP contribution in [0.3, 0.4) is 0 Å². The molecule has 2 aromatic rings. The van der Waals surface area contributed by atoms with Crippen molar-refractivity contribution in [1.29, 1.82) is 0 Å². The normalized spacial score (nSPS) is 10.4. The first-order valence-corrected chi connectivity index (χ1v) is 7.50. The summed E-state index contributed by atoms with van der Waals surface area (Å²) >= 11 is 0. The van der Waals surface area contributed by atoms with E-state index in [0.717, 1.165) is 24.5 Å². The molecule has 0 fully saturated rings. The summed E-state index contributed by atoms with van der Waals surface area (Å²) in [6.45, 7) is 7.59. The number of benzene rings is 1. The summed E-state index contributed by atoms with van der Waals surface area (Å²) in [6.07, 6.45) is 0. The van der Waals surface area contributed by atoms with Crippen molar-refractivity contribution in [2.24, 2.45) is 0 Å². The second kappa shape index (κ2) is 7.02. The van der Waals surface area contributed by atoms with Gasteiger partial charge >= 0.3 is 0 Å². The smallest absolute Gasteiger partial charge is 0.276 e. The van der Waals surface area contributed by atoms with Gasteiger partial charge < -0.3 is 9.80 Å². The lowest BCUT2D eigenvalue weighted by molar-refractivity contribution is 0.0988. The molecule has 22 heavy (non-hydrogen) atoms. The van der Waals surface area contributed by atoms with Crippen LogP contribution in [0.2, 0.25) is 0 Å². The molecule has 1 aromatic heterocycles. The van der Waals surface area contributed by atoms with E-state index in [1.165, 1.54) is 0 Å². The van der Waals surface area contributed by atoms with Gasteiger partial charge in [0.05, 0.1) is 0 Å². The van der Waals surface area contributed by atoms with E-state index in [9.17, 15) is 4.79 Å². The van der Waals surface area contributed by atoms with E-state index in [1.807, 2.05) is 56.0 Å². The molecule has 0 bridgehead atoms. The molecule has 0 aliphatic rings. The maximum Gasteiger partial charge on any atom is 0.276 e. The summed E-state index contributed by atoms with van der Waals surface area (Å²) < 4.78 is 0. The van der Waals surface area contributed by atoms with Crippen molar-refractivity contribution >= 4 is 17.5 Å². The Balaban J connectivity index is 2.33. The lowest BCUT2D eigenvalue weighted by Crippen LogP contribution is -2.29. The van der Waals surface area contributed by atoms with Crippen LogP contribution < -0.4 is 9.80 Å². The SMILES string of the molecule is CCN(CC)c1nc(C)cc(C(=O)N(C)c2ccccc2)n1. The Bertz CT molecular complexity index is 638. The Morgan fingerprint density at radius 1 is 1.09 bits per heavy atom. The first-order chi connectivity index (χ1) is 10.6. The molecule has 1 amide bonds. The van der Waals surface area contributed by atoms with Crippen LogP contribution in [0.5, 0.6) is 0 Å². The Hall–Kier alpha value is -2.43. The van der Waals surface area contributed by atoms with Crippen LogP contribution in [0.25, 0.3) is 0 Å². The molecule has 116 valence electrons. The number of para-hydroxylation sites is 1. The minimum absolute atomic E-state index is 0.134. The minimum Gasteiger partial charge on any atom is -0.341 e. The van der Waals surface area contributed by atoms with Crippen LogP contribution in [0.15, 0.2) is 36.4 Å². The molecule has 5 nitrogen and oxygen atoms in total. The number of amides is 1. The van der Waals surface area contributed by atoms with E-state index in [0.29, 0.717) is 11.6 Å². The van der Waals surface area contributed by atoms with Crippen LogP contribution in [-0.2, 0) is 0 Å². The average molecular weight is 298 g/mol. The van der Waals surface area contributed by atoms with Crippen molar-refractivity contribution in [3.63, 3.8) is 0 Å². The van der Waals surface area contributed by atoms with Gasteiger partial charge in [-0.3, -0.25) is 4.79 Å². The maximum atomic E-state index is 12.7. The number of aryl methyl sites for hydroxylation is 1. The summed E-state index contributed by atoms with van der Waals surface area (Å²) in [5.74, 6) is 0.472. The predicted molar refractivity (Wildman–Crippen MR) is 89.5 cm³/mol. The molecule has 5 heteroatoms. The summed E-state index contributed by atoms with van der Waals surface area (Å²) in [4.78, 5) is 25.2. The van der Waals surface area contributed by atoms with Crippen molar-refractivity contribution in [3.05, 3.63) is 47.8 Å². The first kappa shape index (κ1) is 15.9. The summed E-state index contributed by atoms with van der Waals surface area (Å²) in [6, 6.07) is 11.3. The van der Waals surface area contributed by atoms with E-state index in [4.69, 9.17) is 0 Å². The highest BCUT2D eigenvalue weighted by Gasteiger charge is 2.17. The Morgan fingerprint density at radius 3 is 2.32 bits per heavy atom. The molecule has 1 aromatic carbocycles. The number of anilines is 2. The third kappa shape index (κ3) is 3.42. The van der Waals surface area contributed by atoms with Crippen molar-refractivity contribution in [2.75, 3.05) is 29.9 Å². The summed E-state index contributed by atoms with van der Waals surface area (Å²) in [5.41, 5.74) is 2.05. The standard InChI is InChI=1S/C17H22N4O/c1-5-21(6-2)17-18-13(3)12-15(19-17)16(22)20(4)14-10-8-7-9-11-14/h7-12H,5-6H2,1-4H3. The number of carbonyl (C=O) groups excluding carboxylic acids is 1. The fraction of sp³-hybridized carbons (Fsp3) is 0.353. The van der Waals surface area contributed by atoms with Gasteiger partial charge in [0.1, 0.15) is 5.69 Å². The van der Waals surface area contributed by atoms with Gasteiger partial charge in [-0.15, -0.1) is 0 Å². The quantitative estimate of drug-likeness (QED) is 0.851. The number of rotatable bonds is 5. The lowest BCUT2D eigenvalue weighted by Gasteiger charge is -2.21. The molecular weight excluding hydrogens is 276 g/mol. The zero-order valence-electron chi connectivity index (χ0n) is 13.6. The summed E-state index contributed by atoms with van der Waals surface area (Å²) in [7, 11) is 1.76. The highest BCUT2D eigenvalue weighted by atomic mass is 16.2. The fourth-order valence-corrected chi connectivity index (χ4v) is 2.25. The van der Waals surface area contributed by atoms with Crippen LogP contribution in [0.1, 0.15) is 30.0 Å². The zero-order chi connectivity index (χ0) is 16.1. The molecule has 0 saturated heterocycles. The van der Waals surface area contributed by atoms with Crippen molar-refractivity contribution in [3.8, 4) is 0 Å². The fourth-order valence-electron chi connectivity index (χ4n) is 2.25. The average Bonchev–Trinajstić information content (AvgIpc) is 2.55. The van der Waals surface area contributed by atoms with Crippen LogP contribution in [-0.4, -0.2) is 36.0 Å². The van der Waals surface area contributed by atoms with E-state index in [-0.39, 0.29) is 5.91 Å². The highest BCUT2D eigenvalue weighted by Crippen LogP contribution is 2.16. The molecule has 0 atom stereocenters. The summed E-state index contributed by atoms with van der Waals surface area (Å²) in [5, 5.41) is 0. The topological polar surface area (TPSA) is 49.3 Å². The van der Waals surface area contributed by atoms with Gasteiger partial charge in [-0.1, -0.05) is 18.2 Å². The molecule has 0 spiro atoms. The van der Waals surface area contributed by atoms with Gasteiger partial charge in [-0.25, -0.2) is 9.97 Å². The second-order valence-electron chi connectivity index (χ2n) is 5.07. The van der Waals surface area contributed by atoms with Crippen LogP contribution in [0.4, 0.5) is 11.6 Å². The largest absolute Gasteiger partial charge is 0.341 e. The Labute approximate surface area is 131 Å². The molecule has 0 saturated carbocycles. The van der Waals surface area contributed by atoms with Crippen molar-refractivity contribution in [1.82, 2.24) is 9.97 Å². The number of aromatic nitrogens is 2. The molecule has 0 aliphatic heterocycles. The first-order valence-electron chi connectivity index (χ1n) is 7.50. The number of hydrogen-bond donors (Lipinski definition) is 0. The van der Waals surface area contributed by atoms with Gasteiger partial charge in [-0.2, -0.15) is 0 Å². The highest BCUT2D eigenvalue weighted by molar-refractivity contribution is 6.04. The van der Waals surface area contributed by atoms with Gasteiger partial charge in [0.25, 0.3) is 5.91 Å². The van der Waals surface area contributed by atoms with Crippen LogP contribution in [0, 0.1) is 6.92 Å². The van der Waals surface area contributed by atoms with E-state index in [2.05, 4.69) is 9.97 Å². The number of carbonyl (C=O) groups is 1. The molecule has 2 rings (SSSR count). The predicted octanol–water partition coefficient (Wildman–Crippen LogP) is 2.91. The lowest BCUT2D eigenvalue weighted by atomic mass is 10.2. The number of hydrogen-bond acceptors (Lipinski definition) is 4. The van der Waals surface area contributed by atoms with Crippen molar-refractivity contribution in [2.45, 2.75) is 20.8 Å². The van der Waals surface area contributed by atoms with Crippen molar-refractivity contribution < 1.29 is 4.79 Å². The minimum atomic E-state index is -0.134. The third-order valence-electron chi connectivity index (χ3n) is 3.56. The van der Waals surface area contributed by atoms with Crippen LogP contribution >= 0.6 is 0 Å². The van der Waals surface area contributed by atoms with E-state index in [1.54, 1.807) is 18.0 Å². The molecule has 0 radical (unpaired) electrons.